The number of ketones is 1. The second-order valence-electron chi connectivity index (χ2n) is 8.98. The monoisotopic (exact) mass is 512 g/mol. The average Bonchev–Trinajstić information content (AvgIpc) is 3.58. The van der Waals surface area contributed by atoms with Gasteiger partial charge in [0.1, 0.15) is 5.78 Å². The van der Waals surface area contributed by atoms with E-state index < -0.39 is 28.1 Å². The van der Waals surface area contributed by atoms with Crippen LogP contribution in [0.15, 0.2) is 65.6 Å². The summed E-state index contributed by atoms with van der Waals surface area (Å²) in [5, 5.41) is 18.2. The standard InChI is InChI=1S/C26H26N2O7S.H2/c29-15-20(30)14-27-36(32,33)21-7-4-17(5-8-21)22-3-1-2-19(28-22)13-25(31)26(10-11-26)18-6-9-23-24(12-18)35-16-34-23;/h1-9,12,20,27,29-30H,10-11,13-16H2;1H/t20-;/m1./s1. The van der Waals surface area contributed by atoms with Crippen LogP contribution in [-0.2, 0) is 26.7 Å². The molecule has 1 aromatic heterocycles. The first kappa shape index (κ1) is 24.4. The Morgan fingerprint density at radius 2 is 1.83 bits per heavy atom. The second kappa shape index (κ2) is 9.62. The maximum absolute atomic E-state index is 13.3. The Kier molecular flexibility index (Phi) is 6.52. The van der Waals surface area contributed by atoms with Gasteiger partial charge >= 0.3 is 0 Å². The number of carbonyl (C=O) groups excluding carboxylic acids is 1. The SMILES string of the molecule is O=C(Cc1cccc(-c2ccc(S(=O)(=O)NC[C@@H](O)CO)cc2)n1)C1(c2ccc3c(c2)OCO3)CC1.[HH]. The summed E-state index contributed by atoms with van der Waals surface area (Å²) in [7, 11) is -3.83. The highest BCUT2D eigenvalue weighted by Crippen LogP contribution is 2.51. The van der Waals surface area contributed by atoms with Crippen molar-refractivity contribution in [3.8, 4) is 22.8 Å². The number of sulfonamides is 1. The van der Waals surface area contributed by atoms with Crippen molar-refractivity contribution in [2.24, 2.45) is 0 Å². The van der Waals surface area contributed by atoms with E-state index in [1.54, 1.807) is 18.2 Å². The number of carbonyl (C=O) groups is 1. The Morgan fingerprint density at radius 1 is 1.08 bits per heavy atom. The van der Waals surface area contributed by atoms with Crippen LogP contribution < -0.4 is 14.2 Å². The van der Waals surface area contributed by atoms with Gasteiger partial charge in [-0.2, -0.15) is 0 Å². The minimum Gasteiger partial charge on any atom is -0.454 e. The third-order valence-corrected chi connectivity index (χ3v) is 7.98. The smallest absolute Gasteiger partial charge is 0.240 e. The summed E-state index contributed by atoms with van der Waals surface area (Å²) in [5.74, 6) is 1.45. The second-order valence-corrected chi connectivity index (χ2v) is 10.7. The quantitative estimate of drug-likeness (QED) is 0.376. The number of benzene rings is 2. The Bertz CT molecular complexity index is 1390. The van der Waals surface area contributed by atoms with Gasteiger partial charge in [-0.1, -0.05) is 24.3 Å². The van der Waals surface area contributed by atoms with Gasteiger partial charge in [-0.15, -0.1) is 0 Å². The normalized spacial score (nSPS) is 16.5. The lowest BCUT2D eigenvalue weighted by Gasteiger charge is -2.15. The summed E-state index contributed by atoms with van der Waals surface area (Å²) in [4.78, 5) is 18.0. The molecule has 2 aromatic carbocycles. The summed E-state index contributed by atoms with van der Waals surface area (Å²) in [6.07, 6.45) is 0.578. The van der Waals surface area contributed by atoms with Crippen LogP contribution in [0.4, 0.5) is 0 Å². The molecule has 0 radical (unpaired) electrons. The number of hydrogen-bond donors (Lipinski definition) is 3. The lowest BCUT2D eigenvalue weighted by atomic mass is 9.88. The number of rotatable bonds is 10. The molecule has 2 heterocycles. The van der Waals surface area contributed by atoms with Gasteiger partial charge < -0.3 is 19.7 Å². The molecule has 5 rings (SSSR count). The maximum Gasteiger partial charge on any atom is 0.240 e. The van der Waals surface area contributed by atoms with Crippen molar-refractivity contribution >= 4 is 15.8 Å². The Labute approximate surface area is 210 Å². The van der Waals surface area contributed by atoms with Gasteiger partial charge in [0.15, 0.2) is 11.5 Å². The number of aliphatic hydroxyl groups is 2. The largest absolute Gasteiger partial charge is 0.454 e. The topological polar surface area (TPSA) is 135 Å². The zero-order chi connectivity index (χ0) is 25.3. The Balaban J connectivity index is 0.00000320. The lowest BCUT2D eigenvalue weighted by Crippen LogP contribution is -2.33. The van der Waals surface area contributed by atoms with Gasteiger partial charge in [-0.05, 0) is 54.8 Å². The molecule has 0 saturated heterocycles. The van der Waals surface area contributed by atoms with Gasteiger partial charge in [0.05, 0.1) is 28.7 Å². The van der Waals surface area contributed by atoms with Crippen LogP contribution >= 0.6 is 0 Å². The van der Waals surface area contributed by atoms with Crippen molar-refractivity contribution in [2.75, 3.05) is 19.9 Å². The number of aromatic nitrogens is 1. The van der Waals surface area contributed by atoms with Crippen LogP contribution in [-0.4, -0.2) is 55.4 Å². The third-order valence-electron chi connectivity index (χ3n) is 6.54. The van der Waals surface area contributed by atoms with Crippen molar-refractivity contribution in [1.29, 1.82) is 0 Å². The number of fused-ring (bicyclic) bond motifs is 1. The van der Waals surface area contributed by atoms with Gasteiger partial charge in [-0.25, -0.2) is 13.1 Å². The number of ether oxygens (including phenoxy) is 2. The molecular weight excluding hydrogens is 484 g/mol. The zero-order valence-corrected chi connectivity index (χ0v) is 20.2. The van der Waals surface area contributed by atoms with Gasteiger partial charge in [0, 0.05) is 25.6 Å². The van der Waals surface area contributed by atoms with E-state index in [9.17, 15) is 18.3 Å². The van der Waals surface area contributed by atoms with Crippen molar-refractivity contribution in [2.45, 2.75) is 35.7 Å². The Morgan fingerprint density at radius 3 is 2.56 bits per heavy atom. The van der Waals surface area contributed by atoms with E-state index >= 15 is 0 Å². The van der Waals surface area contributed by atoms with E-state index in [0.717, 1.165) is 18.4 Å². The van der Waals surface area contributed by atoms with E-state index in [-0.39, 0.29) is 31.9 Å². The van der Waals surface area contributed by atoms with E-state index in [0.29, 0.717) is 28.5 Å². The van der Waals surface area contributed by atoms with Crippen LogP contribution in [0.1, 0.15) is 25.5 Å². The molecule has 3 aromatic rings. The van der Waals surface area contributed by atoms with Gasteiger partial charge in [0.2, 0.25) is 16.8 Å². The van der Waals surface area contributed by atoms with E-state index in [2.05, 4.69) is 9.71 Å². The fourth-order valence-electron chi connectivity index (χ4n) is 4.28. The number of aliphatic hydroxyl groups excluding tert-OH is 2. The number of pyridine rings is 1. The predicted octanol–water partition coefficient (Wildman–Crippen LogP) is 2.20. The molecule has 1 saturated carbocycles. The summed E-state index contributed by atoms with van der Waals surface area (Å²) < 4.78 is 37.9. The molecule has 1 fully saturated rings. The number of nitrogens with zero attached hydrogens (tertiary/aromatic N) is 1. The third kappa shape index (κ3) is 4.85. The minimum absolute atomic E-state index is 0. The molecule has 0 unspecified atom stereocenters. The average molecular weight is 513 g/mol. The van der Waals surface area contributed by atoms with E-state index in [1.807, 2.05) is 30.3 Å². The van der Waals surface area contributed by atoms with Gasteiger partial charge in [-0.3, -0.25) is 9.78 Å². The summed E-state index contributed by atoms with van der Waals surface area (Å²) in [6, 6.07) is 17.3. The highest BCUT2D eigenvalue weighted by atomic mass is 32.2. The molecular formula is C26H28N2O7S. The number of Topliss-reactive ketones (excluding diaryl/α,β-unsaturated/α-hetero) is 1. The molecule has 1 aliphatic heterocycles. The van der Waals surface area contributed by atoms with Crippen molar-refractivity contribution in [1.82, 2.24) is 9.71 Å². The van der Waals surface area contributed by atoms with Crippen LogP contribution in [0.2, 0.25) is 0 Å². The molecule has 190 valence electrons. The molecule has 1 aliphatic carbocycles. The molecule has 1 atom stereocenters. The molecule has 0 spiro atoms. The highest BCUT2D eigenvalue weighted by molar-refractivity contribution is 7.89. The van der Waals surface area contributed by atoms with E-state index in [1.165, 1.54) is 12.1 Å². The molecule has 10 heteroatoms. The molecule has 2 aliphatic rings. The number of nitrogens with one attached hydrogen (secondary N) is 1. The van der Waals surface area contributed by atoms with Crippen LogP contribution in [0.3, 0.4) is 0 Å². The maximum atomic E-state index is 13.3. The molecule has 9 nitrogen and oxygen atoms in total. The van der Waals surface area contributed by atoms with Crippen molar-refractivity contribution in [3.05, 3.63) is 71.9 Å². The summed E-state index contributed by atoms with van der Waals surface area (Å²) >= 11 is 0. The molecule has 36 heavy (non-hydrogen) atoms. The van der Waals surface area contributed by atoms with Crippen molar-refractivity contribution < 1.29 is 34.3 Å². The van der Waals surface area contributed by atoms with E-state index in [4.69, 9.17) is 14.6 Å². The fourth-order valence-corrected chi connectivity index (χ4v) is 5.35. The first-order valence-corrected chi connectivity index (χ1v) is 13.1. The molecule has 0 amide bonds. The van der Waals surface area contributed by atoms with Crippen LogP contribution in [0, 0.1) is 0 Å². The zero-order valence-electron chi connectivity index (χ0n) is 19.4. The fraction of sp³-hybridized carbons (Fsp3) is 0.308. The predicted molar refractivity (Wildman–Crippen MR) is 132 cm³/mol. The highest BCUT2D eigenvalue weighted by Gasteiger charge is 2.51. The number of hydrogen-bond acceptors (Lipinski definition) is 8. The minimum atomic E-state index is -3.83. The summed E-state index contributed by atoms with van der Waals surface area (Å²) in [6.45, 7) is -0.636. The lowest BCUT2D eigenvalue weighted by molar-refractivity contribution is -0.120. The van der Waals surface area contributed by atoms with Crippen LogP contribution in [0.5, 0.6) is 11.5 Å². The van der Waals surface area contributed by atoms with Crippen molar-refractivity contribution in [3.63, 3.8) is 0 Å². The van der Waals surface area contributed by atoms with Gasteiger partial charge in [0.25, 0.3) is 0 Å². The summed E-state index contributed by atoms with van der Waals surface area (Å²) in [5.41, 5.74) is 2.38. The first-order valence-electron chi connectivity index (χ1n) is 11.6. The molecule has 0 bridgehead atoms. The first-order chi connectivity index (χ1) is 17.3. The van der Waals surface area contributed by atoms with Crippen LogP contribution in [0.25, 0.3) is 11.3 Å². The molecule has 3 N–H and O–H groups in total. The Hall–Kier alpha value is -3.31.